The lowest BCUT2D eigenvalue weighted by atomic mass is 10.2. The number of nitrogens with zero attached hydrogens (tertiary/aromatic N) is 1. The molecule has 4 nitrogen and oxygen atoms in total. The average molecular weight is 266 g/mol. The van der Waals surface area contributed by atoms with Crippen LogP contribution in [0.4, 0.5) is 4.39 Å². The molecule has 0 heterocycles. The normalized spacial score (nSPS) is 10.1. The maximum Gasteiger partial charge on any atom is 0.222 e. The second kappa shape index (κ2) is 7.51. The summed E-state index contributed by atoms with van der Waals surface area (Å²) < 4.78 is 12.7. The van der Waals surface area contributed by atoms with E-state index in [4.69, 9.17) is 0 Å². The molecule has 5 heteroatoms. The number of benzene rings is 1. The van der Waals surface area contributed by atoms with E-state index in [9.17, 15) is 14.0 Å². The van der Waals surface area contributed by atoms with E-state index in [2.05, 4.69) is 5.32 Å². The third kappa shape index (κ3) is 5.99. The quantitative estimate of drug-likeness (QED) is 0.852. The predicted molar refractivity (Wildman–Crippen MR) is 70.8 cm³/mol. The van der Waals surface area contributed by atoms with E-state index >= 15 is 0 Å². The van der Waals surface area contributed by atoms with Gasteiger partial charge in [0.2, 0.25) is 11.8 Å². The molecule has 0 saturated heterocycles. The first-order valence-electron chi connectivity index (χ1n) is 6.20. The van der Waals surface area contributed by atoms with Crippen molar-refractivity contribution in [1.29, 1.82) is 0 Å². The zero-order valence-electron chi connectivity index (χ0n) is 11.3. The topological polar surface area (TPSA) is 49.4 Å². The van der Waals surface area contributed by atoms with Crippen LogP contribution in [0, 0.1) is 5.82 Å². The minimum Gasteiger partial charge on any atom is -0.352 e. The number of halogens is 1. The number of hydrogen-bond acceptors (Lipinski definition) is 2. The van der Waals surface area contributed by atoms with Gasteiger partial charge in [-0.25, -0.2) is 4.39 Å². The number of hydrogen-bond donors (Lipinski definition) is 1. The van der Waals surface area contributed by atoms with Crippen molar-refractivity contribution < 1.29 is 14.0 Å². The summed E-state index contributed by atoms with van der Waals surface area (Å²) in [6.07, 6.45) is 1.23. The number of amides is 2. The highest BCUT2D eigenvalue weighted by molar-refractivity contribution is 5.78. The van der Waals surface area contributed by atoms with Gasteiger partial charge in [0.25, 0.3) is 0 Å². The Morgan fingerprint density at radius 1 is 1.16 bits per heavy atom. The van der Waals surface area contributed by atoms with Crippen molar-refractivity contribution in [3.8, 4) is 0 Å². The van der Waals surface area contributed by atoms with Crippen LogP contribution in [0.15, 0.2) is 24.3 Å². The summed E-state index contributed by atoms with van der Waals surface area (Å²) in [5, 5.41) is 2.74. The van der Waals surface area contributed by atoms with Crippen molar-refractivity contribution in [3.63, 3.8) is 0 Å². The van der Waals surface area contributed by atoms with Crippen molar-refractivity contribution in [2.24, 2.45) is 0 Å². The van der Waals surface area contributed by atoms with Crippen LogP contribution in [-0.2, 0) is 16.1 Å². The Morgan fingerprint density at radius 3 is 2.37 bits per heavy atom. The lowest BCUT2D eigenvalue weighted by Crippen LogP contribution is -2.24. The van der Waals surface area contributed by atoms with Gasteiger partial charge in [-0.15, -0.1) is 0 Å². The molecule has 0 unspecified atom stereocenters. The summed E-state index contributed by atoms with van der Waals surface area (Å²) >= 11 is 0. The van der Waals surface area contributed by atoms with Gasteiger partial charge in [-0.05, 0) is 24.1 Å². The highest BCUT2D eigenvalue weighted by Gasteiger charge is 2.06. The molecule has 0 aliphatic rings. The van der Waals surface area contributed by atoms with Crippen LogP contribution in [0.25, 0.3) is 0 Å². The van der Waals surface area contributed by atoms with Crippen LogP contribution >= 0.6 is 0 Å². The first kappa shape index (κ1) is 15.1. The smallest absolute Gasteiger partial charge is 0.222 e. The van der Waals surface area contributed by atoms with E-state index in [0.29, 0.717) is 25.8 Å². The van der Waals surface area contributed by atoms with Crippen molar-refractivity contribution in [2.45, 2.75) is 25.8 Å². The van der Waals surface area contributed by atoms with Gasteiger partial charge in [0.1, 0.15) is 5.82 Å². The highest BCUT2D eigenvalue weighted by atomic mass is 19.1. The van der Waals surface area contributed by atoms with E-state index in [-0.39, 0.29) is 17.6 Å². The fourth-order valence-corrected chi connectivity index (χ4v) is 1.52. The van der Waals surface area contributed by atoms with Crippen LogP contribution in [0.2, 0.25) is 0 Å². The molecule has 0 bridgehead atoms. The SMILES string of the molecule is CN(C)C(=O)CCCC(=O)NCc1ccc(F)cc1. The van der Waals surface area contributed by atoms with Gasteiger partial charge in [-0.3, -0.25) is 9.59 Å². The Hall–Kier alpha value is -1.91. The van der Waals surface area contributed by atoms with E-state index in [1.165, 1.54) is 17.0 Å². The minimum atomic E-state index is -0.294. The molecule has 0 radical (unpaired) electrons. The van der Waals surface area contributed by atoms with Crippen LogP contribution in [0.1, 0.15) is 24.8 Å². The van der Waals surface area contributed by atoms with Gasteiger partial charge in [-0.2, -0.15) is 0 Å². The van der Waals surface area contributed by atoms with E-state index in [1.807, 2.05) is 0 Å². The molecule has 0 aliphatic carbocycles. The molecule has 0 aromatic heterocycles. The molecule has 1 rings (SSSR count). The van der Waals surface area contributed by atoms with Crippen LogP contribution < -0.4 is 5.32 Å². The van der Waals surface area contributed by atoms with Crippen molar-refractivity contribution in [2.75, 3.05) is 14.1 Å². The Morgan fingerprint density at radius 2 is 1.79 bits per heavy atom. The lowest BCUT2D eigenvalue weighted by Gasteiger charge is -2.09. The minimum absolute atomic E-state index is 0.0198. The summed E-state index contributed by atoms with van der Waals surface area (Å²) in [5.74, 6) is -0.375. The maximum atomic E-state index is 12.7. The Bertz CT molecular complexity index is 430. The Balaban J connectivity index is 2.21. The van der Waals surface area contributed by atoms with E-state index < -0.39 is 0 Å². The summed E-state index contributed by atoms with van der Waals surface area (Å²) in [4.78, 5) is 24.3. The molecule has 1 N–H and O–H groups in total. The predicted octanol–water partition coefficient (Wildman–Crippen LogP) is 1.70. The number of carbonyl (C=O) groups excluding carboxylic acids is 2. The van der Waals surface area contributed by atoms with Crippen molar-refractivity contribution in [1.82, 2.24) is 10.2 Å². The second-order valence-electron chi connectivity index (χ2n) is 4.54. The number of rotatable bonds is 6. The molecule has 1 aromatic carbocycles. The molecule has 1 aromatic rings. The number of carbonyl (C=O) groups is 2. The average Bonchev–Trinajstić information content (AvgIpc) is 2.37. The van der Waals surface area contributed by atoms with E-state index in [1.54, 1.807) is 26.2 Å². The molecular formula is C14H19FN2O2. The largest absolute Gasteiger partial charge is 0.352 e. The van der Waals surface area contributed by atoms with Crippen LogP contribution in [0.5, 0.6) is 0 Å². The molecule has 0 fully saturated rings. The highest BCUT2D eigenvalue weighted by Crippen LogP contribution is 2.03. The van der Waals surface area contributed by atoms with Gasteiger partial charge in [0.05, 0.1) is 0 Å². The van der Waals surface area contributed by atoms with Crippen LogP contribution in [0.3, 0.4) is 0 Å². The second-order valence-corrected chi connectivity index (χ2v) is 4.54. The summed E-state index contributed by atoms with van der Waals surface area (Å²) in [5.41, 5.74) is 0.846. The van der Waals surface area contributed by atoms with Crippen LogP contribution in [-0.4, -0.2) is 30.8 Å². The van der Waals surface area contributed by atoms with Gasteiger partial charge < -0.3 is 10.2 Å². The Labute approximate surface area is 112 Å². The molecule has 0 spiro atoms. The fourth-order valence-electron chi connectivity index (χ4n) is 1.52. The maximum absolute atomic E-state index is 12.7. The summed E-state index contributed by atoms with van der Waals surface area (Å²) in [7, 11) is 3.38. The number of nitrogens with one attached hydrogen (secondary N) is 1. The van der Waals surface area contributed by atoms with Gasteiger partial charge in [0, 0.05) is 33.5 Å². The molecular weight excluding hydrogens is 247 g/mol. The first-order valence-corrected chi connectivity index (χ1v) is 6.20. The van der Waals surface area contributed by atoms with Crippen molar-refractivity contribution >= 4 is 11.8 Å². The monoisotopic (exact) mass is 266 g/mol. The molecule has 0 atom stereocenters. The molecule has 2 amide bonds. The third-order valence-corrected chi connectivity index (χ3v) is 2.70. The van der Waals surface area contributed by atoms with Gasteiger partial charge in [0.15, 0.2) is 0 Å². The molecule has 0 aliphatic heterocycles. The third-order valence-electron chi connectivity index (χ3n) is 2.70. The fraction of sp³-hybridized carbons (Fsp3) is 0.429. The molecule has 104 valence electrons. The summed E-state index contributed by atoms with van der Waals surface area (Å²) in [6.45, 7) is 0.376. The zero-order chi connectivity index (χ0) is 14.3. The first-order chi connectivity index (χ1) is 8.99. The van der Waals surface area contributed by atoms with Gasteiger partial charge in [-0.1, -0.05) is 12.1 Å². The summed E-state index contributed by atoms with van der Waals surface area (Å²) in [6, 6.07) is 5.98. The Kier molecular flexibility index (Phi) is 5.99. The standard InChI is InChI=1S/C14H19FN2O2/c1-17(2)14(19)5-3-4-13(18)16-10-11-6-8-12(15)9-7-11/h6-9H,3-5,10H2,1-2H3,(H,16,18). The molecule has 0 saturated carbocycles. The van der Waals surface area contributed by atoms with Gasteiger partial charge >= 0.3 is 0 Å². The van der Waals surface area contributed by atoms with Crippen molar-refractivity contribution in [3.05, 3.63) is 35.6 Å². The lowest BCUT2D eigenvalue weighted by molar-refractivity contribution is -0.129. The zero-order valence-corrected chi connectivity index (χ0v) is 11.3. The molecule has 19 heavy (non-hydrogen) atoms. The van der Waals surface area contributed by atoms with E-state index in [0.717, 1.165) is 5.56 Å².